The number of rotatable bonds is 4. The Morgan fingerprint density at radius 3 is 2.87 bits per heavy atom. The fourth-order valence-electron chi connectivity index (χ4n) is 1.14. The topological polar surface area (TPSA) is 29.1 Å². The van der Waals surface area contributed by atoms with E-state index in [0.29, 0.717) is 5.92 Å². The number of benzene rings is 1. The molecule has 1 aromatic rings. The van der Waals surface area contributed by atoms with E-state index in [0.717, 1.165) is 22.1 Å². The Kier molecular flexibility index (Phi) is 5.08. The first-order valence-corrected chi connectivity index (χ1v) is 6.25. The summed E-state index contributed by atoms with van der Waals surface area (Å²) in [6.45, 7) is 5.01. The maximum atomic E-state index is 11.7. The molecule has 0 aliphatic rings. The molecular formula is C12H16INO. The van der Waals surface area contributed by atoms with Crippen molar-refractivity contribution in [3.63, 3.8) is 0 Å². The highest BCUT2D eigenvalue weighted by molar-refractivity contribution is 14.1. The van der Waals surface area contributed by atoms with Crippen LogP contribution in [0.4, 0.5) is 0 Å². The predicted octanol–water partition coefficient (Wildman–Crippen LogP) is 3.07. The van der Waals surface area contributed by atoms with Crippen LogP contribution in [-0.4, -0.2) is 12.5 Å². The highest BCUT2D eigenvalue weighted by atomic mass is 127. The summed E-state index contributed by atoms with van der Waals surface area (Å²) < 4.78 is 1.09. The molecule has 0 aliphatic heterocycles. The van der Waals surface area contributed by atoms with E-state index in [2.05, 4.69) is 41.8 Å². The van der Waals surface area contributed by atoms with Gasteiger partial charge in [-0.3, -0.25) is 4.79 Å². The lowest BCUT2D eigenvalue weighted by atomic mass is 10.1. The van der Waals surface area contributed by atoms with Crippen LogP contribution in [0.25, 0.3) is 0 Å². The Labute approximate surface area is 105 Å². The van der Waals surface area contributed by atoms with Gasteiger partial charge in [-0.2, -0.15) is 0 Å². The van der Waals surface area contributed by atoms with Crippen molar-refractivity contribution in [3.05, 3.63) is 33.4 Å². The van der Waals surface area contributed by atoms with Crippen LogP contribution in [0.3, 0.4) is 0 Å². The molecule has 0 fully saturated rings. The zero-order valence-corrected chi connectivity index (χ0v) is 11.2. The monoisotopic (exact) mass is 317 g/mol. The lowest BCUT2D eigenvalue weighted by Crippen LogP contribution is -2.28. The molecule has 0 radical (unpaired) electrons. The largest absolute Gasteiger partial charge is 0.352 e. The molecule has 0 aromatic heterocycles. The molecule has 1 atom stereocenters. The first-order chi connectivity index (χ1) is 7.13. The minimum absolute atomic E-state index is 0.0221. The minimum Gasteiger partial charge on any atom is -0.352 e. The third kappa shape index (κ3) is 4.20. The maximum Gasteiger partial charge on any atom is 0.251 e. The number of halogens is 1. The van der Waals surface area contributed by atoms with Gasteiger partial charge in [-0.25, -0.2) is 0 Å². The molecule has 1 aromatic carbocycles. The van der Waals surface area contributed by atoms with Gasteiger partial charge in [0.15, 0.2) is 0 Å². The smallest absolute Gasteiger partial charge is 0.251 e. The molecular weight excluding hydrogens is 301 g/mol. The third-order valence-corrected chi connectivity index (χ3v) is 3.07. The normalized spacial score (nSPS) is 12.2. The van der Waals surface area contributed by atoms with Crippen molar-refractivity contribution in [2.24, 2.45) is 5.92 Å². The molecule has 0 saturated carbocycles. The van der Waals surface area contributed by atoms with E-state index >= 15 is 0 Å². The highest BCUT2D eigenvalue weighted by Gasteiger charge is 2.06. The molecule has 0 saturated heterocycles. The summed E-state index contributed by atoms with van der Waals surface area (Å²) in [7, 11) is 0. The van der Waals surface area contributed by atoms with Gasteiger partial charge in [0.05, 0.1) is 0 Å². The second kappa shape index (κ2) is 6.10. The zero-order valence-electron chi connectivity index (χ0n) is 9.09. The number of nitrogens with one attached hydrogen (secondary N) is 1. The fourth-order valence-corrected chi connectivity index (χ4v) is 1.69. The second-order valence-electron chi connectivity index (χ2n) is 3.73. The van der Waals surface area contributed by atoms with E-state index in [1.54, 1.807) is 0 Å². The Balaban J connectivity index is 2.54. The van der Waals surface area contributed by atoms with Crippen molar-refractivity contribution in [3.8, 4) is 0 Å². The van der Waals surface area contributed by atoms with E-state index in [1.807, 2.05) is 24.3 Å². The average molecular weight is 317 g/mol. The average Bonchev–Trinajstić information content (AvgIpc) is 2.25. The number of amides is 1. The van der Waals surface area contributed by atoms with Gasteiger partial charge in [-0.15, -0.1) is 0 Å². The van der Waals surface area contributed by atoms with Gasteiger partial charge < -0.3 is 5.32 Å². The molecule has 0 bridgehead atoms. The Morgan fingerprint density at radius 2 is 2.27 bits per heavy atom. The van der Waals surface area contributed by atoms with Gasteiger partial charge in [0.25, 0.3) is 5.91 Å². The third-order valence-electron chi connectivity index (χ3n) is 2.39. The number of carbonyl (C=O) groups is 1. The van der Waals surface area contributed by atoms with Crippen LogP contribution in [0.5, 0.6) is 0 Å². The van der Waals surface area contributed by atoms with Crippen LogP contribution in [0.2, 0.25) is 0 Å². The molecule has 3 heteroatoms. The Morgan fingerprint density at radius 1 is 1.53 bits per heavy atom. The first-order valence-electron chi connectivity index (χ1n) is 5.17. The van der Waals surface area contributed by atoms with Crippen LogP contribution in [0, 0.1) is 9.49 Å². The van der Waals surface area contributed by atoms with Crippen molar-refractivity contribution in [1.82, 2.24) is 5.32 Å². The lowest BCUT2D eigenvalue weighted by molar-refractivity contribution is 0.0948. The first kappa shape index (κ1) is 12.5. The summed E-state index contributed by atoms with van der Waals surface area (Å²) in [5.41, 5.74) is 0.741. The summed E-state index contributed by atoms with van der Waals surface area (Å²) in [5.74, 6) is 0.561. The number of hydrogen-bond acceptors (Lipinski definition) is 1. The molecule has 1 rings (SSSR count). The molecule has 0 aliphatic carbocycles. The molecule has 15 heavy (non-hydrogen) atoms. The highest BCUT2D eigenvalue weighted by Crippen LogP contribution is 2.07. The summed E-state index contributed by atoms with van der Waals surface area (Å²) in [5, 5.41) is 2.93. The van der Waals surface area contributed by atoms with Crippen LogP contribution in [0.1, 0.15) is 30.6 Å². The van der Waals surface area contributed by atoms with Crippen molar-refractivity contribution >= 4 is 28.5 Å². The molecule has 2 nitrogen and oxygen atoms in total. The van der Waals surface area contributed by atoms with E-state index in [9.17, 15) is 4.79 Å². The fraction of sp³-hybridized carbons (Fsp3) is 0.417. The van der Waals surface area contributed by atoms with Gasteiger partial charge in [-0.05, 0) is 46.7 Å². The van der Waals surface area contributed by atoms with E-state index in [-0.39, 0.29) is 5.91 Å². The van der Waals surface area contributed by atoms with Crippen LogP contribution >= 0.6 is 22.6 Å². The molecule has 0 spiro atoms. The van der Waals surface area contributed by atoms with Crippen LogP contribution in [-0.2, 0) is 0 Å². The molecule has 82 valence electrons. The van der Waals surface area contributed by atoms with E-state index in [1.165, 1.54) is 0 Å². The predicted molar refractivity (Wildman–Crippen MR) is 70.9 cm³/mol. The summed E-state index contributed by atoms with van der Waals surface area (Å²) >= 11 is 2.21. The van der Waals surface area contributed by atoms with Gasteiger partial charge in [0, 0.05) is 15.7 Å². The lowest BCUT2D eigenvalue weighted by Gasteiger charge is -2.10. The SMILES string of the molecule is CCC(C)CNC(=O)c1cccc(I)c1. The van der Waals surface area contributed by atoms with Crippen LogP contribution < -0.4 is 5.32 Å². The summed E-state index contributed by atoms with van der Waals surface area (Å²) in [6, 6.07) is 7.62. The minimum atomic E-state index is 0.0221. The maximum absolute atomic E-state index is 11.7. The standard InChI is InChI=1S/C12H16INO/c1-3-9(2)8-14-12(15)10-5-4-6-11(13)7-10/h4-7,9H,3,8H2,1-2H3,(H,14,15). The van der Waals surface area contributed by atoms with Gasteiger partial charge in [-0.1, -0.05) is 26.3 Å². The summed E-state index contributed by atoms with van der Waals surface area (Å²) in [4.78, 5) is 11.7. The number of hydrogen-bond donors (Lipinski definition) is 1. The van der Waals surface area contributed by atoms with Gasteiger partial charge in [0.1, 0.15) is 0 Å². The number of carbonyl (C=O) groups excluding carboxylic acids is 1. The molecule has 0 heterocycles. The Hall–Kier alpha value is -0.580. The Bertz CT molecular complexity index is 338. The summed E-state index contributed by atoms with van der Waals surface area (Å²) in [6.07, 6.45) is 1.09. The van der Waals surface area contributed by atoms with Gasteiger partial charge in [0.2, 0.25) is 0 Å². The van der Waals surface area contributed by atoms with E-state index in [4.69, 9.17) is 0 Å². The van der Waals surface area contributed by atoms with E-state index < -0.39 is 0 Å². The molecule has 1 N–H and O–H groups in total. The zero-order chi connectivity index (χ0) is 11.3. The van der Waals surface area contributed by atoms with Crippen molar-refractivity contribution in [2.45, 2.75) is 20.3 Å². The van der Waals surface area contributed by atoms with Gasteiger partial charge >= 0.3 is 0 Å². The van der Waals surface area contributed by atoms with Crippen molar-refractivity contribution in [1.29, 1.82) is 0 Å². The van der Waals surface area contributed by atoms with Crippen molar-refractivity contribution in [2.75, 3.05) is 6.54 Å². The molecule has 1 amide bonds. The van der Waals surface area contributed by atoms with Crippen molar-refractivity contribution < 1.29 is 4.79 Å². The van der Waals surface area contributed by atoms with Crippen LogP contribution in [0.15, 0.2) is 24.3 Å². The quantitative estimate of drug-likeness (QED) is 0.850. The second-order valence-corrected chi connectivity index (χ2v) is 4.98. The molecule has 1 unspecified atom stereocenters.